The Balaban J connectivity index is 1.70. The van der Waals surface area contributed by atoms with Gasteiger partial charge in [-0.25, -0.2) is 8.42 Å². The summed E-state index contributed by atoms with van der Waals surface area (Å²) in [6.07, 6.45) is 4.48. The van der Waals surface area contributed by atoms with Crippen LogP contribution in [0.2, 0.25) is 0 Å². The van der Waals surface area contributed by atoms with E-state index in [0.717, 1.165) is 18.5 Å². The molecule has 19 heavy (non-hydrogen) atoms. The Hall–Kier alpha value is -1.23. The van der Waals surface area contributed by atoms with Gasteiger partial charge in [-0.3, -0.25) is 9.78 Å². The lowest BCUT2D eigenvalue weighted by Crippen LogP contribution is -2.16. The van der Waals surface area contributed by atoms with Crippen molar-refractivity contribution in [2.24, 2.45) is 5.92 Å². The summed E-state index contributed by atoms with van der Waals surface area (Å²) >= 11 is 0. The first-order chi connectivity index (χ1) is 9.05. The van der Waals surface area contributed by atoms with Crippen molar-refractivity contribution in [2.45, 2.75) is 31.6 Å². The van der Waals surface area contributed by atoms with Crippen LogP contribution in [0.3, 0.4) is 0 Å². The number of aryl methyl sites for hydroxylation is 1. The van der Waals surface area contributed by atoms with E-state index in [1.54, 1.807) is 6.20 Å². The van der Waals surface area contributed by atoms with Crippen molar-refractivity contribution >= 4 is 15.6 Å². The number of hydrogen-bond acceptors (Lipinski definition) is 4. The second-order valence-corrected chi connectivity index (χ2v) is 7.81. The molecule has 2 unspecified atom stereocenters. The number of ketones is 1. The van der Waals surface area contributed by atoms with Gasteiger partial charge < -0.3 is 0 Å². The molecule has 1 aliphatic carbocycles. The summed E-state index contributed by atoms with van der Waals surface area (Å²) in [5.74, 6) is 0.495. The van der Waals surface area contributed by atoms with E-state index in [0.29, 0.717) is 12.8 Å². The van der Waals surface area contributed by atoms with E-state index in [4.69, 9.17) is 0 Å². The van der Waals surface area contributed by atoms with Crippen LogP contribution in [0.25, 0.3) is 0 Å². The van der Waals surface area contributed by atoms with Crippen LogP contribution >= 0.6 is 0 Å². The number of sulfone groups is 1. The van der Waals surface area contributed by atoms with Gasteiger partial charge in [-0.15, -0.1) is 0 Å². The predicted molar refractivity (Wildman–Crippen MR) is 71.7 cm³/mol. The first-order valence-corrected chi connectivity index (χ1v) is 8.54. The Morgan fingerprint density at radius 1 is 1.37 bits per heavy atom. The molecular formula is C14H17NO3S. The Labute approximate surface area is 113 Å². The minimum Gasteiger partial charge on any atom is -0.299 e. The fourth-order valence-electron chi connectivity index (χ4n) is 3.19. The zero-order chi connectivity index (χ0) is 13.5. The van der Waals surface area contributed by atoms with Crippen molar-refractivity contribution in [2.75, 3.05) is 11.5 Å². The number of aromatic nitrogens is 1. The quantitative estimate of drug-likeness (QED) is 0.841. The molecule has 0 bridgehead atoms. The smallest absolute Gasteiger partial charge is 0.150 e. The van der Waals surface area contributed by atoms with Gasteiger partial charge in [-0.1, -0.05) is 6.07 Å². The highest BCUT2D eigenvalue weighted by Gasteiger charge is 2.34. The average molecular weight is 279 g/mol. The number of pyridine rings is 1. The number of carbonyl (C=O) groups excluding carboxylic acids is 1. The summed E-state index contributed by atoms with van der Waals surface area (Å²) in [6, 6.07) is 3.92. The summed E-state index contributed by atoms with van der Waals surface area (Å²) < 4.78 is 22.8. The SMILES string of the molecule is O=C(CC1CCS(=O)(=O)C1)C1CCc2cccnc21. The van der Waals surface area contributed by atoms with E-state index in [1.165, 1.54) is 5.56 Å². The Morgan fingerprint density at radius 2 is 2.21 bits per heavy atom. The predicted octanol–water partition coefficient (Wildman–Crippen LogP) is 1.51. The largest absolute Gasteiger partial charge is 0.299 e. The molecule has 102 valence electrons. The Morgan fingerprint density at radius 3 is 2.95 bits per heavy atom. The van der Waals surface area contributed by atoms with Crippen LogP contribution < -0.4 is 0 Å². The fraction of sp³-hybridized carbons (Fsp3) is 0.571. The first kappa shape index (κ1) is 12.8. The van der Waals surface area contributed by atoms with E-state index in [9.17, 15) is 13.2 Å². The topological polar surface area (TPSA) is 64.1 Å². The van der Waals surface area contributed by atoms with Crippen LogP contribution in [0.15, 0.2) is 18.3 Å². The second kappa shape index (κ2) is 4.71. The van der Waals surface area contributed by atoms with Gasteiger partial charge in [0.15, 0.2) is 9.84 Å². The van der Waals surface area contributed by atoms with Gasteiger partial charge in [0.05, 0.1) is 23.1 Å². The summed E-state index contributed by atoms with van der Waals surface area (Å²) in [7, 11) is -2.89. The molecule has 1 saturated heterocycles. The molecule has 1 aromatic heterocycles. The molecule has 0 aromatic carbocycles. The highest BCUT2D eigenvalue weighted by atomic mass is 32.2. The summed E-state index contributed by atoms with van der Waals surface area (Å²) in [4.78, 5) is 16.7. The van der Waals surface area contributed by atoms with Crippen LogP contribution in [0.1, 0.15) is 36.4 Å². The lowest BCUT2D eigenvalue weighted by Gasteiger charge is -2.12. The molecular weight excluding hydrogens is 262 g/mol. The van der Waals surface area contributed by atoms with Crippen molar-refractivity contribution in [3.63, 3.8) is 0 Å². The van der Waals surface area contributed by atoms with Crippen LogP contribution in [0, 0.1) is 5.92 Å². The molecule has 2 aliphatic rings. The summed E-state index contributed by atoms with van der Waals surface area (Å²) in [5, 5.41) is 0. The molecule has 0 amide bonds. The minimum absolute atomic E-state index is 0.0188. The Kier molecular flexibility index (Phi) is 3.17. The van der Waals surface area contributed by atoms with Gasteiger partial charge in [-0.2, -0.15) is 0 Å². The highest BCUT2D eigenvalue weighted by molar-refractivity contribution is 7.91. The molecule has 0 radical (unpaired) electrons. The lowest BCUT2D eigenvalue weighted by molar-refractivity contribution is -0.121. The first-order valence-electron chi connectivity index (χ1n) is 6.72. The molecule has 2 heterocycles. The second-order valence-electron chi connectivity index (χ2n) is 5.58. The summed E-state index contributed by atoms with van der Waals surface area (Å²) in [6.45, 7) is 0. The number of rotatable bonds is 3. The number of hydrogen-bond donors (Lipinski definition) is 0. The minimum atomic E-state index is -2.89. The van der Waals surface area contributed by atoms with E-state index in [1.807, 2.05) is 12.1 Å². The average Bonchev–Trinajstić information content (AvgIpc) is 2.92. The van der Waals surface area contributed by atoms with Gasteiger partial charge in [0, 0.05) is 12.6 Å². The zero-order valence-corrected chi connectivity index (χ0v) is 11.5. The lowest BCUT2D eigenvalue weighted by atomic mass is 9.92. The van der Waals surface area contributed by atoms with Crippen molar-refractivity contribution in [1.29, 1.82) is 0 Å². The molecule has 0 saturated carbocycles. The molecule has 1 aliphatic heterocycles. The third kappa shape index (κ3) is 2.56. The van der Waals surface area contributed by atoms with Crippen LogP contribution in [0.5, 0.6) is 0 Å². The molecule has 1 fully saturated rings. The van der Waals surface area contributed by atoms with Crippen LogP contribution in [-0.4, -0.2) is 30.7 Å². The molecule has 3 rings (SSSR count). The molecule has 0 N–H and O–H groups in total. The molecule has 4 nitrogen and oxygen atoms in total. The number of nitrogens with zero attached hydrogens (tertiary/aromatic N) is 1. The van der Waals surface area contributed by atoms with Crippen molar-refractivity contribution in [3.8, 4) is 0 Å². The van der Waals surface area contributed by atoms with Gasteiger partial charge in [0.1, 0.15) is 5.78 Å². The maximum absolute atomic E-state index is 12.3. The van der Waals surface area contributed by atoms with Crippen molar-refractivity contribution in [1.82, 2.24) is 4.98 Å². The van der Waals surface area contributed by atoms with Gasteiger partial charge in [0.25, 0.3) is 0 Å². The normalized spacial score (nSPS) is 28.2. The number of fused-ring (bicyclic) bond motifs is 1. The third-order valence-corrected chi connectivity index (χ3v) is 6.00. The van der Waals surface area contributed by atoms with Crippen molar-refractivity contribution in [3.05, 3.63) is 29.6 Å². The maximum atomic E-state index is 12.3. The van der Waals surface area contributed by atoms with Crippen LogP contribution in [0.4, 0.5) is 0 Å². The molecule has 0 spiro atoms. The Bertz CT molecular complexity index is 609. The van der Waals surface area contributed by atoms with E-state index in [2.05, 4.69) is 4.98 Å². The number of carbonyl (C=O) groups is 1. The van der Waals surface area contributed by atoms with E-state index in [-0.39, 0.29) is 29.1 Å². The standard InChI is InChI=1S/C14H17NO3S/c16-13(8-10-5-7-19(17,18)9-10)12-4-3-11-2-1-6-15-14(11)12/h1-2,6,10,12H,3-5,7-9H2. The fourth-order valence-corrected chi connectivity index (χ4v) is 5.05. The van der Waals surface area contributed by atoms with Gasteiger partial charge in [0.2, 0.25) is 0 Å². The van der Waals surface area contributed by atoms with E-state index >= 15 is 0 Å². The maximum Gasteiger partial charge on any atom is 0.150 e. The molecule has 2 atom stereocenters. The van der Waals surface area contributed by atoms with Crippen molar-refractivity contribution < 1.29 is 13.2 Å². The number of Topliss-reactive ketones (excluding diaryl/α,β-unsaturated/α-hetero) is 1. The third-order valence-electron chi connectivity index (χ3n) is 4.16. The highest BCUT2D eigenvalue weighted by Crippen LogP contribution is 2.34. The van der Waals surface area contributed by atoms with E-state index < -0.39 is 9.84 Å². The van der Waals surface area contributed by atoms with Crippen LogP contribution in [-0.2, 0) is 21.1 Å². The molecule has 5 heteroatoms. The molecule has 1 aromatic rings. The van der Waals surface area contributed by atoms with Gasteiger partial charge >= 0.3 is 0 Å². The summed E-state index contributed by atoms with van der Waals surface area (Å²) in [5.41, 5.74) is 2.08. The monoisotopic (exact) mass is 279 g/mol. The van der Waals surface area contributed by atoms with Gasteiger partial charge in [-0.05, 0) is 36.8 Å². The zero-order valence-electron chi connectivity index (χ0n) is 10.7.